The molecule has 65 heavy (non-hydrogen) atoms. The van der Waals surface area contributed by atoms with Gasteiger partial charge in [-0.3, -0.25) is 14.4 Å². The molecular formula is C59H100O6. The summed E-state index contributed by atoms with van der Waals surface area (Å²) in [4.78, 5) is 38.0. The highest BCUT2D eigenvalue weighted by Crippen LogP contribution is 2.14. The van der Waals surface area contributed by atoms with Gasteiger partial charge in [-0.15, -0.1) is 0 Å². The van der Waals surface area contributed by atoms with Gasteiger partial charge in [-0.1, -0.05) is 209 Å². The minimum atomic E-state index is -0.807. The number of hydrogen-bond acceptors (Lipinski definition) is 6. The third kappa shape index (κ3) is 51.4. The molecule has 0 saturated heterocycles. The summed E-state index contributed by atoms with van der Waals surface area (Å²) in [5.41, 5.74) is 0. The van der Waals surface area contributed by atoms with Crippen LogP contribution in [0.3, 0.4) is 0 Å². The van der Waals surface area contributed by atoms with Crippen molar-refractivity contribution in [2.45, 2.75) is 258 Å². The number of hydrogen-bond donors (Lipinski definition) is 0. The predicted octanol–water partition coefficient (Wildman–Crippen LogP) is 18.0. The topological polar surface area (TPSA) is 78.9 Å². The fourth-order valence-corrected chi connectivity index (χ4v) is 7.29. The van der Waals surface area contributed by atoms with Crippen molar-refractivity contribution in [1.29, 1.82) is 0 Å². The Bertz CT molecular complexity index is 1270. The van der Waals surface area contributed by atoms with E-state index >= 15 is 0 Å². The quantitative estimate of drug-likeness (QED) is 0.0262. The van der Waals surface area contributed by atoms with Crippen LogP contribution in [0.5, 0.6) is 0 Å². The maximum atomic E-state index is 12.8. The molecule has 0 aliphatic heterocycles. The lowest BCUT2D eigenvalue weighted by Gasteiger charge is -2.18. The van der Waals surface area contributed by atoms with Crippen LogP contribution in [-0.4, -0.2) is 37.2 Å². The van der Waals surface area contributed by atoms with E-state index in [2.05, 4.69) is 106 Å². The van der Waals surface area contributed by atoms with E-state index < -0.39 is 6.10 Å². The average Bonchev–Trinajstić information content (AvgIpc) is 3.30. The molecule has 1 atom stereocenters. The van der Waals surface area contributed by atoms with Gasteiger partial charge in [-0.25, -0.2) is 0 Å². The Morgan fingerprint density at radius 2 is 0.615 bits per heavy atom. The first kappa shape index (κ1) is 61.6. The molecule has 372 valence electrons. The van der Waals surface area contributed by atoms with Crippen molar-refractivity contribution in [1.82, 2.24) is 0 Å². The second-order valence-electron chi connectivity index (χ2n) is 17.7. The number of unbranched alkanes of at least 4 members (excludes halogenated alkanes) is 23. The lowest BCUT2D eigenvalue weighted by molar-refractivity contribution is -0.167. The Morgan fingerprint density at radius 3 is 1.02 bits per heavy atom. The molecule has 1 unspecified atom stereocenters. The summed E-state index contributed by atoms with van der Waals surface area (Å²) >= 11 is 0. The Balaban J connectivity index is 4.50. The normalized spacial score (nSPS) is 12.7. The van der Waals surface area contributed by atoms with E-state index in [1.807, 2.05) is 0 Å². The second-order valence-corrected chi connectivity index (χ2v) is 17.7. The summed E-state index contributed by atoms with van der Waals surface area (Å²) in [5, 5.41) is 0. The zero-order valence-corrected chi connectivity index (χ0v) is 42.5. The van der Waals surface area contributed by atoms with Gasteiger partial charge in [0.2, 0.25) is 0 Å². The Morgan fingerprint density at radius 1 is 0.323 bits per heavy atom. The number of ether oxygens (including phenoxy) is 3. The minimum Gasteiger partial charge on any atom is -0.462 e. The number of allylic oxidation sites excluding steroid dienone is 14. The maximum absolute atomic E-state index is 12.8. The van der Waals surface area contributed by atoms with E-state index in [0.29, 0.717) is 19.3 Å². The van der Waals surface area contributed by atoms with Gasteiger partial charge in [0.1, 0.15) is 13.2 Å². The molecule has 6 heteroatoms. The molecule has 0 radical (unpaired) electrons. The van der Waals surface area contributed by atoms with E-state index in [0.717, 1.165) is 96.3 Å². The zero-order valence-electron chi connectivity index (χ0n) is 42.5. The summed E-state index contributed by atoms with van der Waals surface area (Å²) in [6.45, 7) is 6.45. The Labute approximate surface area is 401 Å². The van der Waals surface area contributed by atoms with Crippen molar-refractivity contribution in [3.05, 3.63) is 85.1 Å². The number of esters is 3. The van der Waals surface area contributed by atoms with Crippen LogP contribution in [0.4, 0.5) is 0 Å². The number of rotatable bonds is 48. The molecule has 0 aromatic heterocycles. The molecular weight excluding hydrogens is 805 g/mol. The van der Waals surface area contributed by atoms with Crippen molar-refractivity contribution in [2.75, 3.05) is 13.2 Å². The molecule has 0 aliphatic carbocycles. The molecule has 0 saturated carbocycles. The second kappa shape index (κ2) is 53.2. The van der Waals surface area contributed by atoms with Gasteiger partial charge in [0.15, 0.2) is 6.10 Å². The van der Waals surface area contributed by atoms with Gasteiger partial charge in [0, 0.05) is 19.3 Å². The molecule has 0 N–H and O–H groups in total. The van der Waals surface area contributed by atoms with Crippen LogP contribution < -0.4 is 0 Å². The third-order valence-corrected chi connectivity index (χ3v) is 11.4. The van der Waals surface area contributed by atoms with Gasteiger partial charge in [-0.05, 0) is 109 Å². The lowest BCUT2D eigenvalue weighted by atomic mass is 10.1. The van der Waals surface area contributed by atoms with E-state index in [1.54, 1.807) is 0 Å². The summed E-state index contributed by atoms with van der Waals surface area (Å²) in [6, 6.07) is 0. The van der Waals surface area contributed by atoms with E-state index in [1.165, 1.54) is 109 Å². The summed E-state index contributed by atoms with van der Waals surface area (Å²) in [7, 11) is 0. The van der Waals surface area contributed by atoms with Crippen LogP contribution in [0.2, 0.25) is 0 Å². The molecule has 0 heterocycles. The molecule has 0 spiro atoms. The molecule has 0 aliphatic rings. The van der Waals surface area contributed by atoms with Crippen LogP contribution in [-0.2, 0) is 28.6 Å². The standard InChI is InChI=1S/C59H100O6/c1-4-7-10-13-16-19-22-25-28-30-32-34-37-40-43-46-49-52-58(61)64-55-56(54-63-57(60)51-48-45-42-39-36-33-27-24-21-18-15-12-9-6-3)65-59(62)53-50-47-44-41-38-35-31-29-26-23-20-17-14-11-8-5-2/h7,10,16,19,24-25,27-29,31-32,34,40,43,56H,4-6,8-9,11-15,17-18,20-23,26,30,33,35-39,41-42,44-55H2,1-3H3/b10-7-,19-16-,27-24-,28-25-,31-29-,34-32-,43-40-. The first-order valence-corrected chi connectivity index (χ1v) is 27.1. The molecule has 0 bridgehead atoms. The highest BCUT2D eigenvalue weighted by molar-refractivity contribution is 5.71. The fraction of sp³-hybridized carbons (Fsp3) is 0.712. The Kier molecular flexibility index (Phi) is 50.4. The molecule has 6 nitrogen and oxygen atoms in total. The smallest absolute Gasteiger partial charge is 0.306 e. The highest BCUT2D eigenvalue weighted by Gasteiger charge is 2.19. The SMILES string of the molecule is CC/C=C\C/C=C\C/C=C\C/C=C\C/C=C\CCCC(=O)OCC(COC(=O)CCCCCCC/C=C\CCCCCCC)OC(=O)CCCCCCC/C=C\CCCCCCCCC. The molecule has 0 fully saturated rings. The summed E-state index contributed by atoms with van der Waals surface area (Å²) < 4.78 is 16.8. The summed E-state index contributed by atoms with van der Waals surface area (Å²) in [5.74, 6) is -0.977. The van der Waals surface area contributed by atoms with Gasteiger partial charge in [0.05, 0.1) is 0 Å². The third-order valence-electron chi connectivity index (χ3n) is 11.4. The van der Waals surface area contributed by atoms with Crippen molar-refractivity contribution in [2.24, 2.45) is 0 Å². The van der Waals surface area contributed by atoms with Crippen molar-refractivity contribution in [3.63, 3.8) is 0 Å². The predicted molar refractivity (Wildman–Crippen MR) is 279 cm³/mol. The minimum absolute atomic E-state index is 0.102. The monoisotopic (exact) mass is 905 g/mol. The van der Waals surface area contributed by atoms with E-state index in [4.69, 9.17) is 14.2 Å². The average molecular weight is 905 g/mol. The molecule has 0 rings (SSSR count). The van der Waals surface area contributed by atoms with Gasteiger partial charge in [-0.2, -0.15) is 0 Å². The Hall–Kier alpha value is -3.41. The molecule has 0 aromatic rings. The van der Waals surface area contributed by atoms with E-state index in [9.17, 15) is 14.4 Å². The number of carbonyl (C=O) groups is 3. The lowest BCUT2D eigenvalue weighted by Crippen LogP contribution is -2.30. The van der Waals surface area contributed by atoms with Crippen molar-refractivity contribution >= 4 is 17.9 Å². The zero-order chi connectivity index (χ0) is 47.2. The van der Waals surface area contributed by atoms with Crippen LogP contribution in [0.15, 0.2) is 85.1 Å². The van der Waals surface area contributed by atoms with Crippen LogP contribution in [0.1, 0.15) is 252 Å². The molecule has 0 amide bonds. The van der Waals surface area contributed by atoms with Crippen LogP contribution >= 0.6 is 0 Å². The van der Waals surface area contributed by atoms with E-state index in [-0.39, 0.29) is 37.5 Å². The first-order chi connectivity index (χ1) is 32.0. The van der Waals surface area contributed by atoms with Crippen molar-refractivity contribution in [3.8, 4) is 0 Å². The first-order valence-electron chi connectivity index (χ1n) is 27.1. The fourth-order valence-electron chi connectivity index (χ4n) is 7.29. The molecule has 0 aromatic carbocycles. The van der Waals surface area contributed by atoms with Gasteiger partial charge < -0.3 is 14.2 Å². The highest BCUT2D eigenvalue weighted by atomic mass is 16.6. The largest absolute Gasteiger partial charge is 0.462 e. The number of carbonyl (C=O) groups excluding carboxylic acids is 3. The van der Waals surface area contributed by atoms with Gasteiger partial charge in [0.25, 0.3) is 0 Å². The van der Waals surface area contributed by atoms with Crippen LogP contribution in [0, 0.1) is 0 Å². The summed E-state index contributed by atoms with van der Waals surface area (Å²) in [6.07, 6.45) is 68.6. The van der Waals surface area contributed by atoms with Gasteiger partial charge >= 0.3 is 17.9 Å². The maximum Gasteiger partial charge on any atom is 0.306 e. The van der Waals surface area contributed by atoms with Crippen molar-refractivity contribution < 1.29 is 28.6 Å². The van der Waals surface area contributed by atoms with Crippen LogP contribution in [0.25, 0.3) is 0 Å².